The number of hydrogen-bond donors (Lipinski definition) is 3. The molecule has 36 heavy (non-hydrogen) atoms. The zero-order valence-corrected chi connectivity index (χ0v) is 21.5. The Bertz CT molecular complexity index is 1330. The Morgan fingerprint density at radius 1 is 1.06 bits per heavy atom. The Morgan fingerprint density at radius 2 is 1.78 bits per heavy atom. The number of pyridine rings is 1. The predicted octanol–water partition coefficient (Wildman–Crippen LogP) is 5.25. The van der Waals surface area contributed by atoms with Gasteiger partial charge in [0.25, 0.3) is 0 Å². The number of anilines is 2. The van der Waals surface area contributed by atoms with Gasteiger partial charge in [0, 0.05) is 29.9 Å². The number of carboxylic acids is 1. The van der Waals surface area contributed by atoms with Gasteiger partial charge < -0.3 is 20.5 Å². The van der Waals surface area contributed by atoms with Gasteiger partial charge in [-0.1, -0.05) is 53.3 Å². The molecule has 186 valence electrons. The summed E-state index contributed by atoms with van der Waals surface area (Å²) in [7, 11) is 1.62. The van der Waals surface area contributed by atoms with E-state index >= 15 is 0 Å². The molecule has 0 aliphatic rings. The van der Waals surface area contributed by atoms with Crippen molar-refractivity contribution in [2.45, 2.75) is 39.8 Å². The molecule has 9 heteroatoms. The highest BCUT2D eigenvalue weighted by atomic mass is 32.1. The largest absolute Gasteiger partial charge is 0.497 e. The molecule has 0 saturated heterocycles. The van der Waals surface area contributed by atoms with Gasteiger partial charge in [0.1, 0.15) is 27.6 Å². The van der Waals surface area contributed by atoms with Crippen LogP contribution in [0.25, 0.3) is 10.6 Å². The van der Waals surface area contributed by atoms with Crippen molar-refractivity contribution in [3.63, 3.8) is 0 Å². The second kappa shape index (κ2) is 11.2. The van der Waals surface area contributed by atoms with Crippen LogP contribution in [0.5, 0.6) is 5.75 Å². The van der Waals surface area contributed by atoms with Crippen molar-refractivity contribution in [1.29, 1.82) is 0 Å². The molecule has 0 bridgehead atoms. The third-order valence-electron chi connectivity index (χ3n) is 5.79. The zero-order valence-electron chi connectivity index (χ0n) is 20.7. The zero-order chi connectivity index (χ0) is 25.7. The van der Waals surface area contributed by atoms with E-state index in [-0.39, 0.29) is 0 Å². The lowest BCUT2D eigenvalue weighted by Crippen LogP contribution is -2.32. The first-order chi connectivity index (χ1) is 17.3. The Labute approximate surface area is 214 Å². The number of nitrogens with zero attached hydrogens (tertiary/aromatic N) is 3. The van der Waals surface area contributed by atoms with Crippen LogP contribution < -0.4 is 15.4 Å². The summed E-state index contributed by atoms with van der Waals surface area (Å²) in [6.07, 6.45) is 2.04. The van der Waals surface area contributed by atoms with Gasteiger partial charge >= 0.3 is 5.97 Å². The number of ether oxygens (including phenoxy) is 1. The van der Waals surface area contributed by atoms with Gasteiger partial charge in [-0.2, -0.15) is 0 Å². The standard InChI is InChI=1S/C27H29N5O3S/c1-16-11-17(2)25(18(3)12-16)30-22(27(33)34)13-19-5-7-20(8-6-19)26-32-31-24(36-26)15-29-23-14-21(35-4)9-10-28-23/h5-12,14,22,30H,13,15H2,1-4H3,(H,28,29)(H,33,34). The van der Waals surface area contributed by atoms with E-state index < -0.39 is 12.0 Å². The van der Waals surface area contributed by atoms with E-state index in [1.807, 2.05) is 51.1 Å². The molecule has 2 heterocycles. The summed E-state index contributed by atoms with van der Waals surface area (Å²) in [4.78, 5) is 16.3. The average Bonchev–Trinajstić information content (AvgIpc) is 3.33. The number of carboxylic acid groups (broad SMARTS) is 1. The topological polar surface area (TPSA) is 109 Å². The van der Waals surface area contributed by atoms with Gasteiger partial charge in [0.05, 0.1) is 13.7 Å². The number of nitrogens with one attached hydrogen (secondary N) is 2. The van der Waals surface area contributed by atoms with E-state index in [9.17, 15) is 9.90 Å². The van der Waals surface area contributed by atoms with Crippen LogP contribution in [0.15, 0.2) is 54.7 Å². The van der Waals surface area contributed by atoms with E-state index in [1.54, 1.807) is 19.4 Å². The molecule has 8 nitrogen and oxygen atoms in total. The summed E-state index contributed by atoms with van der Waals surface area (Å²) in [5.74, 6) is 0.549. The first-order valence-corrected chi connectivity index (χ1v) is 12.4. The quantitative estimate of drug-likeness (QED) is 0.269. The van der Waals surface area contributed by atoms with Crippen molar-refractivity contribution in [2.75, 3.05) is 17.7 Å². The lowest BCUT2D eigenvalue weighted by atomic mass is 10.0. The number of methoxy groups -OCH3 is 1. The van der Waals surface area contributed by atoms with E-state index in [1.165, 1.54) is 11.3 Å². The number of rotatable bonds is 10. The molecular weight excluding hydrogens is 474 g/mol. The van der Waals surface area contributed by atoms with Crippen LogP contribution in [0.4, 0.5) is 11.5 Å². The first kappa shape index (κ1) is 25.1. The minimum absolute atomic E-state index is 0.362. The van der Waals surface area contributed by atoms with Crippen LogP contribution in [0.3, 0.4) is 0 Å². The molecule has 3 N–H and O–H groups in total. The number of carbonyl (C=O) groups is 1. The molecule has 2 aromatic heterocycles. The highest BCUT2D eigenvalue weighted by Gasteiger charge is 2.20. The van der Waals surface area contributed by atoms with E-state index in [0.29, 0.717) is 18.8 Å². The summed E-state index contributed by atoms with van der Waals surface area (Å²) >= 11 is 1.50. The second-order valence-electron chi connectivity index (χ2n) is 8.65. The van der Waals surface area contributed by atoms with Crippen LogP contribution >= 0.6 is 11.3 Å². The maximum atomic E-state index is 12.0. The monoisotopic (exact) mass is 503 g/mol. The second-order valence-corrected chi connectivity index (χ2v) is 9.71. The fourth-order valence-electron chi connectivity index (χ4n) is 4.04. The normalized spacial score (nSPS) is 11.7. The van der Waals surface area contributed by atoms with Crippen LogP contribution in [-0.2, 0) is 17.8 Å². The Kier molecular flexibility index (Phi) is 7.80. The molecule has 0 amide bonds. The maximum absolute atomic E-state index is 12.0. The van der Waals surface area contributed by atoms with Crippen molar-refractivity contribution in [2.24, 2.45) is 0 Å². The molecule has 0 aliphatic carbocycles. The van der Waals surface area contributed by atoms with E-state index in [2.05, 4.69) is 37.9 Å². The van der Waals surface area contributed by atoms with Crippen LogP contribution in [0.2, 0.25) is 0 Å². The number of aliphatic carboxylic acids is 1. The molecule has 1 atom stereocenters. The average molecular weight is 504 g/mol. The van der Waals surface area contributed by atoms with Crippen molar-refractivity contribution in [3.8, 4) is 16.3 Å². The number of aromatic nitrogens is 3. The van der Waals surface area contributed by atoms with Gasteiger partial charge in [0.2, 0.25) is 0 Å². The fourth-order valence-corrected chi connectivity index (χ4v) is 4.83. The summed E-state index contributed by atoms with van der Waals surface area (Å²) in [5, 5.41) is 26.5. The lowest BCUT2D eigenvalue weighted by Gasteiger charge is -2.20. The van der Waals surface area contributed by atoms with Crippen molar-refractivity contribution in [1.82, 2.24) is 15.2 Å². The molecule has 4 aromatic rings. The third-order valence-corrected chi connectivity index (χ3v) is 6.76. The van der Waals surface area contributed by atoms with Gasteiger partial charge in [0.15, 0.2) is 0 Å². The maximum Gasteiger partial charge on any atom is 0.326 e. The molecule has 0 spiro atoms. The van der Waals surface area contributed by atoms with E-state index in [4.69, 9.17) is 4.74 Å². The van der Waals surface area contributed by atoms with Gasteiger partial charge in [-0.05, 0) is 43.5 Å². The van der Waals surface area contributed by atoms with Crippen LogP contribution in [0.1, 0.15) is 27.3 Å². The molecule has 0 fully saturated rings. The van der Waals surface area contributed by atoms with Crippen molar-refractivity contribution >= 4 is 28.8 Å². The van der Waals surface area contributed by atoms with Gasteiger partial charge in [-0.3, -0.25) is 0 Å². The minimum atomic E-state index is -0.884. The van der Waals surface area contributed by atoms with Crippen LogP contribution in [-0.4, -0.2) is 39.4 Å². The Balaban J connectivity index is 1.40. The fraction of sp³-hybridized carbons (Fsp3) is 0.259. The molecule has 4 rings (SSSR count). The molecular formula is C27H29N5O3S. The molecule has 0 saturated carbocycles. The predicted molar refractivity (Wildman–Crippen MR) is 143 cm³/mol. The van der Waals surface area contributed by atoms with E-state index in [0.717, 1.165) is 49.3 Å². The Hall–Kier alpha value is -3.98. The summed E-state index contributed by atoms with van der Waals surface area (Å²) in [6.45, 7) is 6.53. The van der Waals surface area contributed by atoms with Crippen molar-refractivity contribution in [3.05, 3.63) is 82.0 Å². The number of hydrogen-bond acceptors (Lipinski definition) is 8. The number of aryl methyl sites for hydroxylation is 3. The highest BCUT2D eigenvalue weighted by Crippen LogP contribution is 2.26. The van der Waals surface area contributed by atoms with Crippen molar-refractivity contribution < 1.29 is 14.6 Å². The molecule has 2 aromatic carbocycles. The smallest absolute Gasteiger partial charge is 0.326 e. The highest BCUT2D eigenvalue weighted by molar-refractivity contribution is 7.14. The minimum Gasteiger partial charge on any atom is -0.497 e. The lowest BCUT2D eigenvalue weighted by molar-refractivity contribution is -0.137. The molecule has 0 radical (unpaired) electrons. The molecule has 1 unspecified atom stereocenters. The Morgan fingerprint density at radius 3 is 2.44 bits per heavy atom. The summed E-state index contributed by atoms with van der Waals surface area (Å²) in [6, 6.07) is 14.8. The third kappa shape index (κ3) is 6.17. The summed E-state index contributed by atoms with van der Waals surface area (Å²) in [5.41, 5.74) is 5.98. The molecule has 0 aliphatic heterocycles. The summed E-state index contributed by atoms with van der Waals surface area (Å²) < 4.78 is 5.22. The SMILES string of the molecule is COc1ccnc(NCc2nnc(-c3ccc(CC(Nc4c(C)cc(C)cc4C)C(=O)O)cc3)s2)c1. The van der Waals surface area contributed by atoms with Crippen LogP contribution in [0, 0.1) is 20.8 Å². The van der Waals surface area contributed by atoms with Gasteiger partial charge in [-0.15, -0.1) is 10.2 Å². The van der Waals surface area contributed by atoms with Gasteiger partial charge in [-0.25, -0.2) is 9.78 Å². The number of benzene rings is 2. The first-order valence-electron chi connectivity index (χ1n) is 11.5.